The van der Waals surface area contributed by atoms with Gasteiger partial charge < -0.3 is 9.73 Å². The summed E-state index contributed by atoms with van der Waals surface area (Å²) in [5.41, 5.74) is 4.93. The number of benzene rings is 1. The summed E-state index contributed by atoms with van der Waals surface area (Å²) in [6.45, 7) is 5.68. The molecule has 1 atom stereocenters. The number of anilines is 1. The monoisotopic (exact) mass is 466 g/mol. The molecule has 6 nitrogen and oxygen atoms in total. The third-order valence-electron chi connectivity index (χ3n) is 5.99. The molecule has 0 aliphatic heterocycles. The van der Waals surface area contributed by atoms with E-state index in [9.17, 15) is 9.18 Å². The van der Waals surface area contributed by atoms with Gasteiger partial charge >= 0.3 is 0 Å². The fourth-order valence-corrected chi connectivity index (χ4v) is 4.28. The molecule has 0 saturated heterocycles. The van der Waals surface area contributed by atoms with Gasteiger partial charge in [-0.05, 0) is 62.7 Å². The van der Waals surface area contributed by atoms with Crippen molar-refractivity contribution < 1.29 is 8.81 Å². The standard InChI is InChI=1S/C28H23FN4O2/c1-16-12-21(18(3)33-24-7-5-10-32-25(24)20-8-11-31-15-23(20)29)28-22(13-16)26(34)17(2)27(35-28)19-6-4-9-30-14-19/h4-15,18,33H,1-3H3/t18-/m1/s1. The molecular formula is C28H23FN4O2. The first-order valence-electron chi connectivity index (χ1n) is 11.2. The van der Waals surface area contributed by atoms with Gasteiger partial charge in [0.15, 0.2) is 11.2 Å². The van der Waals surface area contributed by atoms with Crippen molar-refractivity contribution in [3.8, 4) is 22.6 Å². The van der Waals surface area contributed by atoms with Crippen molar-refractivity contribution in [1.82, 2.24) is 15.0 Å². The topological polar surface area (TPSA) is 80.9 Å². The van der Waals surface area contributed by atoms with Crippen molar-refractivity contribution in [2.75, 3.05) is 5.32 Å². The Hall–Kier alpha value is -4.39. The number of aryl methyl sites for hydroxylation is 1. The van der Waals surface area contributed by atoms with E-state index < -0.39 is 5.82 Å². The SMILES string of the molecule is Cc1cc([C@@H](C)Nc2cccnc2-c2ccncc2F)c2oc(-c3cccnc3)c(C)c(=O)c2c1. The fraction of sp³-hybridized carbons (Fsp3) is 0.143. The molecule has 7 heteroatoms. The van der Waals surface area contributed by atoms with E-state index in [4.69, 9.17) is 4.42 Å². The Morgan fingerprint density at radius 3 is 2.57 bits per heavy atom. The zero-order valence-corrected chi connectivity index (χ0v) is 19.5. The summed E-state index contributed by atoms with van der Waals surface area (Å²) in [5.74, 6) is 0.0410. The number of nitrogens with one attached hydrogen (secondary N) is 1. The van der Waals surface area contributed by atoms with Gasteiger partial charge in [0.25, 0.3) is 0 Å². The Balaban J connectivity index is 1.64. The number of fused-ring (bicyclic) bond motifs is 1. The predicted molar refractivity (Wildman–Crippen MR) is 135 cm³/mol. The lowest BCUT2D eigenvalue weighted by atomic mass is 9.99. The first kappa shape index (κ1) is 22.4. The summed E-state index contributed by atoms with van der Waals surface area (Å²) in [5, 5.41) is 3.96. The summed E-state index contributed by atoms with van der Waals surface area (Å²) >= 11 is 0. The van der Waals surface area contributed by atoms with E-state index in [-0.39, 0.29) is 11.5 Å². The molecule has 4 aromatic heterocycles. The van der Waals surface area contributed by atoms with Gasteiger partial charge in [-0.2, -0.15) is 0 Å². The Bertz CT molecular complexity index is 1600. The van der Waals surface area contributed by atoms with Crippen LogP contribution < -0.4 is 10.7 Å². The van der Waals surface area contributed by atoms with E-state index in [2.05, 4.69) is 20.3 Å². The minimum Gasteiger partial charge on any atom is -0.455 e. The summed E-state index contributed by atoms with van der Waals surface area (Å²) in [6, 6.07) is 12.5. The number of aromatic nitrogens is 3. The number of hydrogen-bond donors (Lipinski definition) is 1. The number of nitrogens with zero attached hydrogens (tertiary/aromatic N) is 3. The normalized spacial score (nSPS) is 12.0. The first-order valence-corrected chi connectivity index (χ1v) is 11.2. The van der Waals surface area contributed by atoms with Gasteiger partial charge in [0.1, 0.15) is 11.3 Å². The summed E-state index contributed by atoms with van der Waals surface area (Å²) in [7, 11) is 0. The van der Waals surface area contributed by atoms with Crippen LogP contribution in [0.3, 0.4) is 0 Å². The van der Waals surface area contributed by atoms with Crippen LogP contribution in [0.1, 0.15) is 29.7 Å². The van der Waals surface area contributed by atoms with Crippen molar-refractivity contribution in [1.29, 1.82) is 0 Å². The molecule has 0 unspecified atom stereocenters. The average Bonchev–Trinajstić information content (AvgIpc) is 2.87. The molecule has 0 saturated carbocycles. The predicted octanol–water partition coefficient (Wildman–Crippen LogP) is 6.24. The van der Waals surface area contributed by atoms with Crippen molar-refractivity contribution >= 4 is 16.7 Å². The molecule has 174 valence electrons. The second-order valence-corrected chi connectivity index (χ2v) is 8.48. The van der Waals surface area contributed by atoms with Crippen LogP contribution in [0.4, 0.5) is 10.1 Å². The zero-order valence-electron chi connectivity index (χ0n) is 19.5. The van der Waals surface area contributed by atoms with Crippen LogP contribution in [0.2, 0.25) is 0 Å². The second kappa shape index (κ2) is 9.10. The maximum Gasteiger partial charge on any atom is 0.196 e. The highest BCUT2D eigenvalue weighted by Gasteiger charge is 2.20. The van der Waals surface area contributed by atoms with Gasteiger partial charge in [-0.1, -0.05) is 6.07 Å². The average molecular weight is 467 g/mol. The number of pyridine rings is 3. The molecule has 5 rings (SSSR count). The third kappa shape index (κ3) is 4.17. The highest BCUT2D eigenvalue weighted by atomic mass is 19.1. The van der Waals surface area contributed by atoms with Crippen molar-refractivity contribution in [2.45, 2.75) is 26.8 Å². The summed E-state index contributed by atoms with van der Waals surface area (Å²) < 4.78 is 20.9. The van der Waals surface area contributed by atoms with Crippen LogP contribution >= 0.6 is 0 Å². The van der Waals surface area contributed by atoms with Crippen molar-refractivity contribution in [3.05, 3.63) is 106 Å². The van der Waals surface area contributed by atoms with Crippen LogP contribution in [-0.2, 0) is 0 Å². The van der Waals surface area contributed by atoms with Gasteiger partial charge in [0, 0.05) is 47.0 Å². The minimum atomic E-state index is -0.453. The molecular weight excluding hydrogens is 443 g/mol. The second-order valence-electron chi connectivity index (χ2n) is 8.48. The largest absolute Gasteiger partial charge is 0.455 e. The maximum atomic E-state index is 14.5. The highest BCUT2D eigenvalue weighted by molar-refractivity contribution is 5.85. The number of halogens is 1. The quantitative estimate of drug-likeness (QED) is 0.330. The Labute approximate surface area is 201 Å². The van der Waals surface area contributed by atoms with Gasteiger partial charge in [-0.3, -0.25) is 19.7 Å². The smallest absolute Gasteiger partial charge is 0.196 e. The van der Waals surface area contributed by atoms with E-state index in [0.717, 1.165) is 16.7 Å². The summed E-state index contributed by atoms with van der Waals surface area (Å²) in [4.78, 5) is 25.7. The molecule has 5 aromatic rings. The van der Waals surface area contributed by atoms with E-state index in [1.165, 1.54) is 12.4 Å². The molecule has 0 bridgehead atoms. The van der Waals surface area contributed by atoms with Crippen LogP contribution in [0, 0.1) is 19.7 Å². The molecule has 0 aliphatic carbocycles. The lowest BCUT2D eigenvalue weighted by Gasteiger charge is -2.20. The van der Waals surface area contributed by atoms with Crippen LogP contribution in [0.25, 0.3) is 33.6 Å². The van der Waals surface area contributed by atoms with Crippen molar-refractivity contribution in [2.24, 2.45) is 0 Å². The molecule has 1 N–H and O–H groups in total. The van der Waals surface area contributed by atoms with Crippen LogP contribution in [-0.4, -0.2) is 15.0 Å². The molecule has 0 spiro atoms. The van der Waals surface area contributed by atoms with Crippen LogP contribution in [0.5, 0.6) is 0 Å². The summed E-state index contributed by atoms with van der Waals surface area (Å²) in [6.07, 6.45) is 7.68. The lowest BCUT2D eigenvalue weighted by Crippen LogP contribution is -2.13. The van der Waals surface area contributed by atoms with Crippen molar-refractivity contribution in [3.63, 3.8) is 0 Å². The highest BCUT2D eigenvalue weighted by Crippen LogP contribution is 2.34. The van der Waals surface area contributed by atoms with E-state index in [1.807, 2.05) is 38.1 Å². The molecule has 0 aliphatic rings. The van der Waals surface area contributed by atoms with Gasteiger partial charge in [-0.25, -0.2) is 4.39 Å². The molecule has 35 heavy (non-hydrogen) atoms. The Morgan fingerprint density at radius 2 is 1.80 bits per heavy atom. The molecule has 4 heterocycles. The van der Waals surface area contributed by atoms with E-state index >= 15 is 0 Å². The minimum absolute atomic E-state index is 0.0804. The number of rotatable bonds is 5. The Kier molecular flexibility index (Phi) is 5.82. The van der Waals surface area contributed by atoms with Gasteiger partial charge in [0.05, 0.1) is 29.0 Å². The molecule has 1 aromatic carbocycles. The molecule has 0 amide bonds. The first-order chi connectivity index (χ1) is 16.9. The maximum absolute atomic E-state index is 14.5. The molecule has 0 fully saturated rings. The van der Waals surface area contributed by atoms with Gasteiger partial charge in [0.2, 0.25) is 0 Å². The van der Waals surface area contributed by atoms with Gasteiger partial charge in [-0.15, -0.1) is 0 Å². The Morgan fingerprint density at radius 1 is 1.00 bits per heavy atom. The lowest BCUT2D eigenvalue weighted by molar-refractivity contribution is 0.605. The zero-order chi connectivity index (χ0) is 24.5. The van der Waals surface area contributed by atoms with Crippen LogP contribution in [0.15, 0.2) is 82.7 Å². The molecule has 0 radical (unpaired) electrons. The third-order valence-corrected chi connectivity index (χ3v) is 5.99. The fourth-order valence-electron chi connectivity index (χ4n) is 4.28. The van der Waals surface area contributed by atoms with E-state index in [0.29, 0.717) is 39.2 Å². The number of hydrogen-bond acceptors (Lipinski definition) is 6. The van der Waals surface area contributed by atoms with E-state index in [1.54, 1.807) is 43.7 Å².